The molecule has 1 aliphatic rings. The molecule has 1 atom stereocenters. The van der Waals surface area contributed by atoms with Gasteiger partial charge in [-0.25, -0.2) is 0 Å². The molecular weight excluding hydrogens is 190 g/mol. The van der Waals surface area contributed by atoms with E-state index in [4.69, 9.17) is 10.5 Å². The number of esters is 1. The average Bonchev–Trinajstić information content (AvgIpc) is 2.27. The molecule has 1 aromatic rings. The summed E-state index contributed by atoms with van der Waals surface area (Å²) in [5.74, 6) is -0.308. The summed E-state index contributed by atoms with van der Waals surface area (Å²) >= 11 is 0. The minimum Gasteiger partial charge on any atom is -0.468 e. The van der Waals surface area contributed by atoms with Crippen LogP contribution >= 0.6 is 0 Å². The van der Waals surface area contributed by atoms with Gasteiger partial charge in [0.25, 0.3) is 0 Å². The monoisotopic (exact) mass is 205 g/mol. The van der Waals surface area contributed by atoms with Crippen LogP contribution in [-0.2, 0) is 22.4 Å². The highest BCUT2D eigenvalue weighted by Crippen LogP contribution is 2.27. The molecular formula is C12H15NO2. The quantitative estimate of drug-likeness (QED) is 0.697. The normalized spacial score (nSPS) is 24.4. The van der Waals surface area contributed by atoms with E-state index in [2.05, 4.69) is 6.07 Å². The molecule has 0 spiro atoms. The second kappa shape index (κ2) is 3.66. The molecule has 3 nitrogen and oxygen atoms in total. The van der Waals surface area contributed by atoms with Crippen LogP contribution in [0.5, 0.6) is 0 Å². The van der Waals surface area contributed by atoms with Crippen molar-refractivity contribution in [2.75, 3.05) is 7.11 Å². The van der Waals surface area contributed by atoms with Crippen LogP contribution in [-0.4, -0.2) is 18.6 Å². The molecule has 0 saturated heterocycles. The van der Waals surface area contributed by atoms with Crippen LogP contribution in [0.15, 0.2) is 24.3 Å². The average molecular weight is 205 g/mol. The fraction of sp³-hybridized carbons (Fsp3) is 0.417. The fourth-order valence-corrected chi connectivity index (χ4v) is 2.14. The molecule has 0 heterocycles. The lowest BCUT2D eigenvalue weighted by atomic mass is 9.79. The highest BCUT2D eigenvalue weighted by Gasteiger charge is 2.38. The van der Waals surface area contributed by atoms with Gasteiger partial charge in [0.2, 0.25) is 0 Å². The Morgan fingerprint density at radius 2 is 2.07 bits per heavy atom. The Morgan fingerprint density at radius 3 is 2.73 bits per heavy atom. The first-order valence-electron chi connectivity index (χ1n) is 5.10. The van der Waals surface area contributed by atoms with E-state index in [1.807, 2.05) is 18.2 Å². The Hall–Kier alpha value is -1.35. The van der Waals surface area contributed by atoms with E-state index >= 15 is 0 Å². The molecule has 0 saturated carbocycles. The van der Waals surface area contributed by atoms with Gasteiger partial charge in [-0.15, -0.1) is 0 Å². The lowest BCUT2D eigenvalue weighted by Gasteiger charge is -2.31. The summed E-state index contributed by atoms with van der Waals surface area (Å²) in [6.07, 6.45) is 2.09. The smallest absolute Gasteiger partial charge is 0.326 e. The van der Waals surface area contributed by atoms with E-state index in [0.717, 1.165) is 12.0 Å². The summed E-state index contributed by atoms with van der Waals surface area (Å²) in [6, 6.07) is 8.10. The van der Waals surface area contributed by atoms with Crippen molar-refractivity contribution in [3.63, 3.8) is 0 Å². The van der Waals surface area contributed by atoms with Crippen molar-refractivity contribution in [2.24, 2.45) is 5.73 Å². The van der Waals surface area contributed by atoms with Crippen LogP contribution < -0.4 is 5.73 Å². The molecule has 2 rings (SSSR count). The molecule has 15 heavy (non-hydrogen) atoms. The maximum atomic E-state index is 11.6. The van der Waals surface area contributed by atoms with E-state index in [1.165, 1.54) is 12.7 Å². The number of fused-ring (bicyclic) bond motifs is 1. The number of ether oxygens (including phenoxy) is 1. The molecule has 2 N–H and O–H groups in total. The Morgan fingerprint density at radius 1 is 1.40 bits per heavy atom. The van der Waals surface area contributed by atoms with E-state index < -0.39 is 5.54 Å². The Bertz CT molecular complexity index is 389. The SMILES string of the molecule is COC(=O)[C@@]1(N)CCc2ccccc2C1. The number of nitrogens with two attached hydrogens (primary N) is 1. The standard InChI is InChI=1S/C12H15NO2/c1-15-11(14)12(13)7-6-9-4-2-3-5-10(9)8-12/h2-5H,6-8,13H2,1H3/t12-/m1/s1. The predicted octanol–water partition coefficient (Wildman–Crippen LogP) is 1.05. The van der Waals surface area contributed by atoms with Crippen LogP contribution in [0.2, 0.25) is 0 Å². The van der Waals surface area contributed by atoms with Gasteiger partial charge in [0.05, 0.1) is 7.11 Å². The third-order valence-corrected chi connectivity index (χ3v) is 3.06. The van der Waals surface area contributed by atoms with Gasteiger partial charge in [-0.2, -0.15) is 0 Å². The Balaban J connectivity index is 2.28. The van der Waals surface area contributed by atoms with Crippen molar-refractivity contribution >= 4 is 5.97 Å². The molecule has 1 aliphatic carbocycles. The minimum atomic E-state index is -0.830. The highest BCUT2D eigenvalue weighted by molar-refractivity contribution is 5.81. The summed E-state index contributed by atoms with van der Waals surface area (Å²) in [6.45, 7) is 0. The molecule has 1 aromatic carbocycles. The van der Waals surface area contributed by atoms with Crippen molar-refractivity contribution in [3.05, 3.63) is 35.4 Å². The summed E-state index contributed by atoms with van der Waals surface area (Å²) in [4.78, 5) is 11.6. The van der Waals surface area contributed by atoms with Crippen LogP contribution in [0.25, 0.3) is 0 Å². The van der Waals surface area contributed by atoms with Gasteiger partial charge >= 0.3 is 5.97 Å². The first kappa shape index (κ1) is 10.2. The van der Waals surface area contributed by atoms with E-state index in [1.54, 1.807) is 0 Å². The van der Waals surface area contributed by atoms with Crippen LogP contribution in [0.1, 0.15) is 17.5 Å². The van der Waals surface area contributed by atoms with Crippen LogP contribution in [0.3, 0.4) is 0 Å². The summed E-state index contributed by atoms with van der Waals surface area (Å²) in [7, 11) is 1.39. The van der Waals surface area contributed by atoms with Gasteiger partial charge in [0.1, 0.15) is 5.54 Å². The van der Waals surface area contributed by atoms with Gasteiger partial charge in [0.15, 0.2) is 0 Å². The zero-order chi connectivity index (χ0) is 10.9. The molecule has 0 amide bonds. The van der Waals surface area contributed by atoms with Crippen molar-refractivity contribution in [1.29, 1.82) is 0 Å². The van der Waals surface area contributed by atoms with Crippen molar-refractivity contribution < 1.29 is 9.53 Å². The summed E-state index contributed by atoms with van der Waals surface area (Å²) in [5.41, 5.74) is 7.68. The highest BCUT2D eigenvalue weighted by atomic mass is 16.5. The number of carbonyl (C=O) groups excluding carboxylic acids is 1. The van der Waals surface area contributed by atoms with Crippen LogP contribution in [0, 0.1) is 0 Å². The molecule has 80 valence electrons. The molecule has 0 aromatic heterocycles. The third kappa shape index (κ3) is 1.75. The minimum absolute atomic E-state index is 0.308. The molecule has 3 heteroatoms. The molecule has 0 unspecified atom stereocenters. The van der Waals surface area contributed by atoms with Gasteiger partial charge in [0, 0.05) is 6.42 Å². The Kier molecular flexibility index (Phi) is 2.49. The summed E-state index contributed by atoms with van der Waals surface area (Å²) < 4.78 is 4.74. The van der Waals surface area contributed by atoms with E-state index in [9.17, 15) is 4.79 Å². The van der Waals surface area contributed by atoms with Crippen molar-refractivity contribution in [2.45, 2.75) is 24.8 Å². The maximum absolute atomic E-state index is 11.6. The summed E-state index contributed by atoms with van der Waals surface area (Å²) in [5, 5.41) is 0. The van der Waals surface area contributed by atoms with Gasteiger partial charge in [-0.3, -0.25) is 4.79 Å². The Labute approximate surface area is 89.2 Å². The van der Waals surface area contributed by atoms with Gasteiger partial charge in [-0.1, -0.05) is 24.3 Å². The number of benzene rings is 1. The largest absolute Gasteiger partial charge is 0.468 e. The molecule has 0 aliphatic heterocycles. The number of carbonyl (C=O) groups is 1. The van der Waals surface area contributed by atoms with Gasteiger partial charge < -0.3 is 10.5 Å². The number of methoxy groups -OCH3 is 1. The lowest BCUT2D eigenvalue weighted by molar-refractivity contribution is -0.147. The number of aryl methyl sites for hydroxylation is 1. The van der Waals surface area contributed by atoms with Gasteiger partial charge in [-0.05, 0) is 24.0 Å². The second-order valence-corrected chi connectivity index (χ2v) is 4.09. The number of hydrogen-bond donors (Lipinski definition) is 1. The van der Waals surface area contributed by atoms with Crippen molar-refractivity contribution in [1.82, 2.24) is 0 Å². The molecule has 0 radical (unpaired) electrons. The maximum Gasteiger partial charge on any atom is 0.326 e. The predicted molar refractivity (Wildman–Crippen MR) is 57.4 cm³/mol. The van der Waals surface area contributed by atoms with Crippen LogP contribution in [0.4, 0.5) is 0 Å². The van der Waals surface area contributed by atoms with E-state index in [-0.39, 0.29) is 5.97 Å². The first-order chi connectivity index (χ1) is 7.15. The third-order valence-electron chi connectivity index (χ3n) is 3.06. The topological polar surface area (TPSA) is 52.3 Å². The molecule has 0 fully saturated rings. The molecule has 0 bridgehead atoms. The second-order valence-electron chi connectivity index (χ2n) is 4.09. The zero-order valence-corrected chi connectivity index (χ0v) is 8.82. The lowest BCUT2D eigenvalue weighted by Crippen LogP contribution is -2.52. The zero-order valence-electron chi connectivity index (χ0n) is 8.82. The fourth-order valence-electron chi connectivity index (χ4n) is 2.14. The number of hydrogen-bond acceptors (Lipinski definition) is 3. The van der Waals surface area contributed by atoms with Crippen molar-refractivity contribution in [3.8, 4) is 0 Å². The number of rotatable bonds is 1. The first-order valence-corrected chi connectivity index (χ1v) is 5.10. The van der Waals surface area contributed by atoms with E-state index in [0.29, 0.717) is 12.8 Å².